The summed E-state index contributed by atoms with van der Waals surface area (Å²) in [6.07, 6.45) is -0.0204. The van der Waals surface area contributed by atoms with Crippen molar-refractivity contribution in [3.05, 3.63) is 107 Å². The summed E-state index contributed by atoms with van der Waals surface area (Å²) in [5.74, 6) is -1.54. The summed E-state index contributed by atoms with van der Waals surface area (Å²) < 4.78 is 14.0. The zero-order chi connectivity index (χ0) is 20.9. The summed E-state index contributed by atoms with van der Waals surface area (Å²) >= 11 is 0. The Labute approximate surface area is 169 Å². The highest BCUT2D eigenvalue weighted by Gasteiger charge is 2.38. The molecule has 0 aliphatic rings. The quantitative estimate of drug-likeness (QED) is 0.649. The van der Waals surface area contributed by atoms with Crippen LogP contribution in [0.4, 0.5) is 4.39 Å². The van der Waals surface area contributed by atoms with Gasteiger partial charge in [0.2, 0.25) is 11.8 Å². The fourth-order valence-corrected chi connectivity index (χ4v) is 3.38. The minimum atomic E-state index is -1.05. The number of carbonyl (C=O) groups is 2. The van der Waals surface area contributed by atoms with Crippen LogP contribution in [0.2, 0.25) is 0 Å². The maximum Gasteiger partial charge on any atom is 0.240 e. The zero-order valence-electron chi connectivity index (χ0n) is 16.1. The molecule has 0 aliphatic heterocycles. The Kier molecular flexibility index (Phi) is 6.07. The van der Waals surface area contributed by atoms with Crippen LogP contribution >= 0.6 is 0 Å². The average Bonchev–Trinajstić information content (AvgIpc) is 2.75. The first-order valence-electron chi connectivity index (χ1n) is 9.37. The molecule has 0 heterocycles. The van der Waals surface area contributed by atoms with Gasteiger partial charge in [-0.05, 0) is 29.7 Å². The highest BCUT2D eigenvalue weighted by atomic mass is 19.1. The van der Waals surface area contributed by atoms with Gasteiger partial charge >= 0.3 is 0 Å². The lowest BCUT2D eigenvalue weighted by Gasteiger charge is -2.31. The molecule has 5 heteroatoms. The van der Waals surface area contributed by atoms with Crippen LogP contribution in [-0.4, -0.2) is 17.9 Å². The van der Waals surface area contributed by atoms with E-state index in [2.05, 4.69) is 5.32 Å². The largest absolute Gasteiger partial charge is 0.368 e. The lowest BCUT2D eigenvalue weighted by molar-refractivity contribution is -0.129. The molecule has 0 aliphatic carbocycles. The summed E-state index contributed by atoms with van der Waals surface area (Å²) in [6, 6.07) is 23.7. The Morgan fingerprint density at radius 2 is 1.38 bits per heavy atom. The first kappa shape index (κ1) is 20.3. The molecule has 3 N–H and O–H groups in total. The Hall–Kier alpha value is -3.47. The lowest BCUT2D eigenvalue weighted by Crippen LogP contribution is -2.52. The number of amides is 2. The van der Waals surface area contributed by atoms with Gasteiger partial charge in [0.25, 0.3) is 0 Å². The van der Waals surface area contributed by atoms with E-state index in [-0.39, 0.29) is 12.3 Å². The summed E-state index contributed by atoms with van der Waals surface area (Å²) in [4.78, 5) is 25.5. The smallest absolute Gasteiger partial charge is 0.240 e. The molecular weight excluding hydrogens is 367 g/mol. The third-order valence-corrected chi connectivity index (χ3v) is 5.19. The fraction of sp³-hybridized carbons (Fsp3) is 0.167. The van der Waals surface area contributed by atoms with Gasteiger partial charge in [-0.2, -0.15) is 0 Å². The van der Waals surface area contributed by atoms with Crippen molar-refractivity contribution in [2.24, 2.45) is 5.73 Å². The Balaban J connectivity index is 1.95. The summed E-state index contributed by atoms with van der Waals surface area (Å²) in [6.45, 7) is 1.80. The second-order valence-corrected chi connectivity index (χ2v) is 7.08. The van der Waals surface area contributed by atoms with E-state index < -0.39 is 23.2 Å². The zero-order valence-corrected chi connectivity index (χ0v) is 16.1. The molecule has 0 saturated carbocycles. The van der Waals surface area contributed by atoms with Crippen LogP contribution in [0.5, 0.6) is 0 Å². The molecule has 1 atom stereocenters. The van der Waals surface area contributed by atoms with Gasteiger partial charge in [-0.15, -0.1) is 0 Å². The van der Waals surface area contributed by atoms with Crippen molar-refractivity contribution >= 4 is 11.8 Å². The van der Waals surface area contributed by atoms with E-state index in [9.17, 15) is 14.0 Å². The van der Waals surface area contributed by atoms with Crippen molar-refractivity contribution in [2.75, 3.05) is 0 Å². The number of hydrogen-bond donors (Lipinski definition) is 2. The van der Waals surface area contributed by atoms with Crippen molar-refractivity contribution in [2.45, 2.75) is 24.8 Å². The van der Waals surface area contributed by atoms with Crippen LogP contribution in [0, 0.1) is 5.82 Å². The fourth-order valence-electron chi connectivity index (χ4n) is 3.38. The van der Waals surface area contributed by atoms with Gasteiger partial charge in [0, 0.05) is 6.42 Å². The van der Waals surface area contributed by atoms with E-state index in [4.69, 9.17) is 5.73 Å². The van der Waals surface area contributed by atoms with Crippen LogP contribution in [0.1, 0.15) is 23.6 Å². The molecule has 0 radical (unpaired) electrons. The van der Waals surface area contributed by atoms with Gasteiger partial charge in [-0.1, -0.05) is 78.9 Å². The third-order valence-electron chi connectivity index (χ3n) is 5.19. The minimum Gasteiger partial charge on any atom is -0.368 e. The molecule has 0 spiro atoms. The molecule has 4 nitrogen and oxygen atoms in total. The monoisotopic (exact) mass is 390 g/mol. The first-order chi connectivity index (χ1) is 13.9. The molecule has 0 saturated heterocycles. The topological polar surface area (TPSA) is 72.2 Å². The highest BCUT2D eigenvalue weighted by molar-refractivity contribution is 5.95. The predicted molar refractivity (Wildman–Crippen MR) is 111 cm³/mol. The Morgan fingerprint density at radius 1 is 0.897 bits per heavy atom. The standard InChI is InChI=1S/C24H23FN2O2/c1-24(18-11-4-2-5-12-18,19-13-6-3-7-14-19)23(29)27-21(22(26)28)16-17-10-8-9-15-20(17)25/h2-15,21H,16H2,1H3,(H2,26,28)(H,27,29)/t21-/m1/s1. The number of carbonyl (C=O) groups excluding carboxylic acids is 2. The molecule has 3 rings (SSSR count). The molecule has 3 aromatic carbocycles. The second kappa shape index (κ2) is 8.69. The van der Waals surface area contributed by atoms with Crippen molar-refractivity contribution in [1.29, 1.82) is 0 Å². The number of benzene rings is 3. The van der Waals surface area contributed by atoms with Crippen LogP contribution in [-0.2, 0) is 21.4 Å². The van der Waals surface area contributed by atoms with Crippen LogP contribution < -0.4 is 11.1 Å². The number of primary amides is 1. The van der Waals surface area contributed by atoms with Crippen LogP contribution in [0.25, 0.3) is 0 Å². The van der Waals surface area contributed by atoms with Gasteiger partial charge < -0.3 is 11.1 Å². The predicted octanol–water partition coefficient (Wildman–Crippen LogP) is 3.34. The molecule has 148 valence electrons. The maximum atomic E-state index is 14.0. The third kappa shape index (κ3) is 4.35. The number of nitrogens with two attached hydrogens (primary N) is 1. The van der Waals surface area contributed by atoms with E-state index in [1.807, 2.05) is 60.7 Å². The first-order valence-corrected chi connectivity index (χ1v) is 9.37. The maximum absolute atomic E-state index is 14.0. The number of halogens is 1. The highest BCUT2D eigenvalue weighted by Crippen LogP contribution is 2.32. The summed E-state index contributed by atoms with van der Waals surface area (Å²) in [5.41, 5.74) is 6.35. The number of nitrogens with one attached hydrogen (secondary N) is 1. The molecule has 0 aromatic heterocycles. The minimum absolute atomic E-state index is 0.0204. The molecule has 0 unspecified atom stereocenters. The molecule has 3 aromatic rings. The van der Waals surface area contributed by atoms with Crippen molar-refractivity contribution in [3.63, 3.8) is 0 Å². The molecule has 0 bridgehead atoms. The normalized spacial score (nSPS) is 12.2. The Bertz CT molecular complexity index is 951. The lowest BCUT2D eigenvalue weighted by atomic mass is 9.75. The average molecular weight is 390 g/mol. The summed E-state index contributed by atoms with van der Waals surface area (Å²) in [7, 11) is 0. The van der Waals surface area contributed by atoms with Gasteiger partial charge in [0.1, 0.15) is 11.9 Å². The Morgan fingerprint density at radius 3 is 1.86 bits per heavy atom. The molecule has 2 amide bonds. The van der Waals surface area contributed by atoms with E-state index in [0.717, 1.165) is 11.1 Å². The molecule has 29 heavy (non-hydrogen) atoms. The number of rotatable bonds is 7. The molecule has 0 fully saturated rings. The van der Waals surface area contributed by atoms with Crippen molar-refractivity contribution in [3.8, 4) is 0 Å². The van der Waals surface area contributed by atoms with Gasteiger partial charge in [-0.25, -0.2) is 4.39 Å². The van der Waals surface area contributed by atoms with E-state index in [1.54, 1.807) is 25.1 Å². The van der Waals surface area contributed by atoms with E-state index in [1.165, 1.54) is 6.07 Å². The van der Waals surface area contributed by atoms with Crippen LogP contribution in [0.3, 0.4) is 0 Å². The van der Waals surface area contributed by atoms with Gasteiger partial charge in [-0.3, -0.25) is 9.59 Å². The number of hydrogen-bond acceptors (Lipinski definition) is 2. The summed E-state index contributed by atoms with van der Waals surface area (Å²) in [5, 5.41) is 2.75. The van der Waals surface area contributed by atoms with Crippen LogP contribution in [0.15, 0.2) is 84.9 Å². The molecular formula is C24H23FN2O2. The SMILES string of the molecule is CC(C(=O)N[C@H](Cc1ccccc1F)C(N)=O)(c1ccccc1)c1ccccc1. The van der Waals surface area contributed by atoms with Gasteiger partial charge in [0.15, 0.2) is 0 Å². The van der Waals surface area contributed by atoms with Crippen molar-refractivity contribution < 1.29 is 14.0 Å². The van der Waals surface area contributed by atoms with Gasteiger partial charge in [0.05, 0.1) is 5.41 Å². The van der Waals surface area contributed by atoms with Crippen molar-refractivity contribution in [1.82, 2.24) is 5.32 Å². The van der Waals surface area contributed by atoms with E-state index in [0.29, 0.717) is 5.56 Å². The second-order valence-electron chi connectivity index (χ2n) is 7.08. The van der Waals surface area contributed by atoms with E-state index >= 15 is 0 Å².